The smallest absolute Gasteiger partial charge is 0.0619 e. The standard InChI is InChI=1S/C63H38/c1-2-15-43-37-44(30-27-39(43)13-1)40-25-28-42(29-26-40)59-51-19-5-7-21-53(51)60(54-22-8-6-20-52(54)59)46-33-34-48-45(38-46)32-36-56-55-35-31-41-14-3-4-16-47(41)61(55)63(62(48)56)57-23-11-9-17-49(57)50-18-10-12-24-58(50)63/h1-38H. The lowest BCUT2D eigenvalue weighted by molar-refractivity contribution is 0.809. The first kappa shape index (κ1) is 34.6. The average Bonchev–Trinajstić information content (AvgIpc) is 3.83. The minimum atomic E-state index is -0.454. The van der Waals surface area contributed by atoms with Gasteiger partial charge >= 0.3 is 0 Å². The van der Waals surface area contributed by atoms with Crippen LogP contribution in [0.25, 0.3) is 109 Å². The zero-order chi connectivity index (χ0) is 41.2. The van der Waals surface area contributed by atoms with Crippen LogP contribution in [0.5, 0.6) is 0 Å². The zero-order valence-electron chi connectivity index (χ0n) is 34.4. The summed E-state index contributed by atoms with van der Waals surface area (Å²) in [5.41, 5.74) is 17.9. The van der Waals surface area contributed by atoms with Crippen LogP contribution >= 0.6 is 0 Å². The van der Waals surface area contributed by atoms with Gasteiger partial charge in [-0.15, -0.1) is 0 Å². The van der Waals surface area contributed by atoms with Crippen molar-refractivity contribution in [1.82, 2.24) is 0 Å². The Balaban J connectivity index is 0.984. The van der Waals surface area contributed by atoms with Gasteiger partial charge in [0.05, 0.1) is 5.41 Å². The summed E-state index contributed by atoms with van der Waals surface area (Å²) in [5, 5.41) is 12.7. The molecule has 63 heavy (non-hydrogen) atoms. The molecule has 0 nitrogen and oxygen atoms in total. The molecule has 0 fully saturated rings. The molecule has 14 rings (SSSR count). The minimum Gasteiger partial charge on any atom is -0.0619 e. The van der Waals surface area contributed by atoms with Gasteiger partial charge in [0.2, 0.25) is 0 Å². The highest BCUT2D eigenvalue weighted by Gasteiger charge is 2.53. The lowest BCUT2D eigenvalue weighted by atomic mass is 9.68. The molecule has 0 aromatic heterocycles. The Bertz CT molecular complexity index is 3800. The number of hydrogen-bond donors (Lipinski definition) is 0. The van der Waals surface area contributed by atoms with E-state index in [1.54, 1.807) is 0 Å². The molecule has 1 spiro atoms. The Labute approximate surface area is 366 Å². The molecule has 0 bridgehead atoms. The highest BCUT2D eigenvalue weighted by atomic mass is 14.5. The molecule has 0 aliphatic heterocycles. The Morgan fingerprint density at radius 1 is 0.222 bits per heavy atom. The summed E-state index contributed by atoms with van der Waals surface area (Å²) in [4.78, 5) is 0. The van der Waals surface area contributed by atoms with Crippen molar-refractivity contribution in [3.05, 3.63) is 253 Å². The van der Waals surface area contributed by atoms with E-state index in [1.165, 1.54) is 132 Å². The summed E-state index contributed by atoms with van der Waals surface area (Å²) < 4.78 is 0. The Hall–Kier alpha value is -8.06. The molecule has 12 aromatic carbocycles. The Kier molecular flexibility index (Phi) is 7.13. The van der Waals surface area contributed by atoms with Gasteiger partial charge in [0.25, 0.3) is 0 Å². The van der Waals surface area contributed by atoms with Crippen molar-refractivity contribution in [3.63, 3.8) is 0 Å². The first-order valence-corrected chi connectivity index (χ1v) is 22.1. The maximum Gasteiger partial charge on any atom is 0.0737 e. The highest BCUT2D eigenvalue weighted by molar-refractivity contribution is 6.22. The van der Waals surface area contributed by atoms with Gasteiger partial charge in [-0.2, -0.15) is 0 Å². The van der Waals surface area contributed by atoms with Gasteiger partial charge in [-0.05, 0) is 144 Å². The van der Waals surface area contributed by atoms with Gasteiger partial charge in [-0.1, -0.05) is 218 Å². The predicted molar refractivity (Wildman–Crippen MR) is 267 cm³/mol. The van der Waals surface area contributed by atoms with Crippen molar-refractivity contribution < 1.29 is 0 Å². The third-order valence-corrected chi connectivity index (χ3v) is 14.4. The van der Waals surface area contributed by atoms with E-state index in [9.17, 15) is 0 Å². The van der Waals surface area contributed by atoms with Crippen molar-refractivity contribution in [1.29, 1.82) is 0 Å². The van der Waals surface area contributed by atoms with E-state index < -0.39 is 5.41 Å². The molecule has 0 radical (unpaired) electrons. The van der Waals surface area contributed by atoms with E-state index in [0.29, 0.717) is 0 Å². The van der Waals surface area contributed by atoms with E-state index >= 15 is 0 Å². The lowest BCUT2D eigenvalue weighted by Gasteiger charge is -2.32. The van der Waals surface area contributed by atoms with Crippen LogP contribution in [0.15, 0.2) is 231 Å². The topological polar surface area (TPSA) is 0 Å². The number of hydrogen-bond acceptors (Lipinski definition) is 0. The first-order valence-electron chi connectivity index (χ1n) is 22.1. The van der Waals surface area contributed by atoms with Gasteiger partial charge in [-0.25, -0.2) is 0 Å². The van der Waals surface area contributed by atoms with Crippen LogP contribution in [-0.2, 0) is 5.41 Å². The monoisotopic (exact) mass is 794 g/mol. The predicted octanol–water partition coefficient (Wildman–Crippen LogP) is 16.8. The minimum absolute atomic E-state index is 0.454. The van der Waals surface area contributed by atoms with Crippen LogP contribution in [-0.4, -0.2) is 0 Å². The molecular formula is C63H38. The zero-order valence-corrected chi connectivity index (χ0v) is 34.4. The van der Waals surface area contributed by atoms with Gasteiger partial charge in [0.15, 0.2) is 0 Å². The SMILES string of the molecule is c1ccc2c(c1)-c1ccccc1C21c2c(ccc3ccccc23)-c2ccc3cc(-c4c5ccccc5c(-c5ccc(-c6ccc7ccccc7c6)cc5)c5ccccc45)ccc3c21. The fourth-order valence-corrected chi connectivity index (χ4v) is 11.9. The van der Waals surface area contributed by atoms with Crippen LogP contribution in [0.4, 0.5) is 0 Å². The highest BCUT2D eigenvalue weighted by Crippen LogP contribution is 2.65. The van der Waals surface area contributed by atoms with Gasteiger partial charge in [0.1, 0.15) is 0 Å². The van der Waals surface area contributed by atoms with Crippen molar-refractivity contribution in [2.24, 2.45) is 0 Å². The number of benzene rings is 12. The quantitative estimate of drug-likeness (QED) is 0.156. The van der Waals surface area contributed by atoms with Crippen LogP contribution in [0, 0.1) is 0 Å². The largest absolute Gasteiger partial charge is 0.0737 e. The number of rotatable bonds is 3. The third-order valence-electron chi connectivity index (χ3n) is 14.4. The summed E-state index contributed by atoms with van der Waals surface area (Å²) in [6, 6.07) is 86.6. The fraction of sp³-hybridized carbons (Fsp3) is 0.0159. The summed E-state index contributed by atoms with van der Waals surface area (Å²) in [6.07, 6.45) is 0. The maximum atomic E-state index is 2.46. The van der Waals surface area contributed by atoms with Crippen LogP contribution in [0.2, 0.25) is 0 Å². The second kappa shape index (κ2) is 13.0. The van der Waals surface area contributed by atoms with Crippen LogP contribution in [0.3, 0.4) is 0 Å². The lowest BCUT2D eigenvalue weighted by Crippen LogP contribution is -2.26. The van der Waals surface area contributed by atoms with E-state index in [4.69, 9.17) is 0 Å². The normalized spacial score (nSPS) is 13.2. The molecule has 12 aromatic rings. The Morgan fingerprint density at radius 2 is 0.635 bits per heavy atom. The molecule has 0 saturated heterocycles. The molecular weight excluding hydrogens is 757 g/mol. The van der Waals surface area contributed by atoms with Crippen LogP contribution < -0.4 is 0 Å². The summed E-state index contributed by atoms with van der Waals surface area (Å²) in [5.74, 6) is 0. The second-order valence-electron chi connectivity index (χ2n) is 17.5. The van der Waals surface area contributed by atoms with Crippen molar-refractivity contribution in [2.45, 2.75) is 5.41 Å². The fourth-order valence-electron chi connectivity index (χ4n) is 11.9. The molecule has 0 atom stereocenters. The number of fused-ring (bicyclic) bond motifs is 17. The van der Waals surface area contributed by atoms with E-state index in [0.717, 1.165) is 0 Å². The van der Waals surface area contributed by atoms with E-state index in [1.807, 2.05) is 0 Å². The molecule has 0 heterocycles. The molecule has 0 heteroatoms. The molecule has 0 unspecified atom stereocenters. The van der Waals surface area contributed by atoms with E-state index in [-0.39, 0.29) is 0 Å². The Morgan fingerprint density at radius 3 is 1.27 bits per heavy atom. The maximum absolute atomic E-state index is 2.46. The van der Waals surface area contributed by atoms with Crippen LogP contribution in [0.1, 0.15) is 22.3 Å². The molecule has 2 aliphatic rings. The summed E-state index contributed by atoms with van der Waals surface area (Å²) in [6.45, 7) is 0. The van der Waals surface area contributed by atoms with Gasteiger partial charge in [0, 0.05) is 0 Å². The van der Waals surface area contributed by atoms with Gasteiger partial charge in [-0.3, -0.25) is 0 Å². The summed E-state index contributed by atoms with van der Waals surface area (Å²) >= 11 is 0. The first-order chi connectivity index (χ1) is 31.3. The van der Waals surface area contributed by atoms with E-state index in [2.05, 4.69) is 231 Å². The molecule has 290 valence electrons. The third kappa shape index (κ3) is 4.70. The summed E-state index contributed by atoms with van der Waals surface area (Å²) in [7, 11) is 0. The van der Waals surface area contributed by atoms with Crippen molar-refractivity contribution in [3.8, 4) is 55.6 Å². The molecule has 2 aliphatic carbocycles. The second-order valence-corrected chi connectivity index (χ2v) is 17.5. The average molecular weight is 795 g/mol. The van der Waals surface area contributed by atoms with Crippen molar-refractivity contribution in [2.75, 3.05) is 0 Å². The molecule has 0 N–H and O–H groups in total. The molecule has 0 saturated carbocycles. The molecule has 0 amide bonds. The van der Waals surface area contributed by atoms with Crippen molar-refractivity contribution >= 4 is 53.9 Å². The van der Waals surface area contributed by atoms with Gasteiger partial charge < -0.3 is 0 Å².